The third-order valence-electron chi connectivity index (χ3n) is 4.42. The lowest BCUT2D eigenvalue weighted by atomic mass is 9.80. The van der Waals surface area contributed by atoms with E-state index in [9.17, 15) is 0 Å². The van der Waals surface area contributed by atoms with Gasteiger partial charge in [-0.25, -0.2) is 0 Å². The van der Waals surface area contributed by atoms with E-state index in [1.54, 1.807) is 14.2 Å². The zero-order valence-electron chi connectivity index (χ0n) is 15.4. The fraction of sp³-hybridized carbons (Fsp3) is 0.524. The van der Waals surface area contributed by atoms with Gasteiger partial charge in [0.2, 0.25) is 0 Å². The maximum absolute atomic E-state index is 5.37. The molecular formula is C21H32O2. The Morgan fingerprint density at radius 2 is 1.83 bits per heavy atom. The largest absolute Gasteiger partial charge is 0.493 e. The van der Waals surface area contributed by atoms with Gasteiger partial charge in [-0.1, -0.05) is 30.7 Å². The highest BCUT2D eigenvalue weighted by Crippen LogP contribution is 2.33. The lowest BCUT2D eigenvalue weighted by molar-refractivity contribution is 0.350. The van der Waals surface area contributed by atoms with Gasteiger partial charge < -0.3 is 9.47 Å². The Kier molecular flexibility index (Phi) is 7.94. The zero-order chi connectivity index (χ0) is 17.3. The second-order valence-corrected chi connectivity index (χ2v) is 6.72. The highest BCUT2D eigenvalue weighted by atomic mass is 16.5. The Labute approximate surface area is 142 Å². The molecule has 0 radical (unpaired) electrons. The summed E-state index contributed by atoms with van der Waals surface area (Å²) in [4.78, 5) is 0. The smallest absolute Gasteiger partial charge is 0.160 e. The first-order valence-corrected chi connectivity index (χ1v) is 8.42. The summed E-state index contributed by atoms with van der Waals surface area (Å²) in [5, 5.41) is 0. The molecule has 0 N–H and O–H groups in total. The van der Waals surface area contributed by atoms with Crippen molar-refractivity contribution in [1.82, 2.24) is 0 Å². The summed E-state index contributed by atoms with van der Waals surface area (Å²) in [5.74, 6) is 1.59. The average molecular weight is 316 g/mol. The summed E-state index contributed by atoms with van der Waals surface area (Å²) >= 11 is 0. The highest BCUT2D eigenvalue weighted by molar-refractivity contribution is 5.42. The first-order chi connectivity index (χ1) is 10.9. The van der Waals surface area contributed by atoms with Crippen molar-refractivity contribution in [3.8, 4) is 11.5 Å². The van der Waals surface area contributed by atoms with E-state index in [0.717, 1.165) is 43.6 Å². The number of aryl methyl sites for hydroxylation is 1. The monoisotopic (exact) mass is 316 g/mol. The van der Waals surface area contributed by atoms with Crippen LogP contribution in [0.25, 0.3) is 0 Å². The Morgan fingerprint density at radius 3 is 2.39 bits per heavy atom. The summed E-state index contributed by atoms with van der Waals surface area (Å²) in [6.45, 7) is 10.7. The topological polar surface area (TPSA) is 18.5 Å². The van der Waals surface area contributed by atoms with Crippen LogP contribution in [0.5, 0.6) is 11.5 Å². The molecule has 23 heavy (non-hydrogen) atoms. The molecule has 0 bridgehead atoms. The predicted molar refractivity (Wildman–Crippen MR) is 99.5 cm³/mol. The third-order valence-corrected chi connectivity index (χ3v) is 4.42. The van der Waals surface area contributed by atoms with Crippen molar-refractivity contribution in [2.24, 2.45) is 5.41 Å². The zero-order valence-corrected chi connectivity index (χ0v) is 15.4. The summed E-state index contributed by atoms with van der Waals surface area (Å²) in [7, 11) is 3.35. The first-order valence-electron chi connectivity index (χ1n) is 8.42. The van der Waals surface area contributed by atoms with Gasteiger partial charge in [0.1, 0.15) is 0 Å². The Morgan fingerprint density at radius 1 is 1.13 bits per heavy atom. The molecule has 128 valence electrons. The standard InChI is InChI=1S/C21H32O2/c1-7-21(4,14-8-10-17(2)3)15-9-11-18-12-13-19(22-5)20(16-18)23-6/h7,10,12-13,16H,1,8-9,11,14-15H2,2-6H3/t21-/m1/s1. The van der Waals surface area contributed by atoms with Crippen LogP contribution in [0, 0.1) is 5.41 Å². The molecule has 0 fully saturated rings. The number of hydrogen-bond acceptors (Lipinski definition) is 2. The molecule has 0 spiro atoms. The SMILES string of the molecule is C=C[C@](C)(CCC=C(C)C)CCCc1ccc(OC)c(OC)c1. The Bertz CT molecular complexity index is 527. The van der Waals surface area contributed by atoms with E-state index < -0.39 is 0 Å². The molecule has 1 aromatic rings. The molecule has 0 saturated carbocycles. The predicted octanol–water partition coefficient (Wildman–Crippen LogP) is 5.97. The van der Waals surface area contributed by atoms with Crippen molar-refractivity contribution < 1.29 is 9.47 Å². The highest BCUT2D eigenvalue weighted by Gasteiger charge is 2.18. The van der Waals surface area contributed by atoms with E-state index in [0.29, 0.717) is 0 Å². The fourth-order valence-electron chi connectivity index (χ4n) is 2.75. The van der Waals surface area contributed by atoms with Gasteiger partial charge in [-0.3, -0.25) is 0 Å². The molecule has 0 amide bonds. The molecule has 1 atom stereocenters. The Balaban J connectivity index is 2.56. The molecule has 0 aromatic heterocycles. The average Bonchev–Trinajstić information content (AvgIpc) is 2.54. The van der Waals surface area contributed by atoms with Crippen LogP contribution in [-0.4, -0.2) is 14.2 Å². The molecule has 0 aliphatic heterocycles. The fourth-order valence-corrected chi connectivity index (χ4v) is 2.75. The van der Waals surface area contributed by atoms with Gasteiger partial charge in [0.05, 0.1) is 14.2 Å². The van der Waals surface area contributed by atoms with Crippen LogP contribution in [0.3, 0.4) is 0 Å². The molecule has 2 heteroatoms. The van der Waals surface area contributed by atoms with Crippen LogP contribution in [0.4, 0.5) is 0 Å². The van der Waals surface area contributed by atoms with Crippen molar-refractivity contribution in [2.45, 2.75) is 52.9 Å². The number of methoxy groups -OCH3 is 2. The van der Waals surface area contributed by atoms with Gasteiger partial charge in [0.25, 0.3) is 0 Å². The lowest BCUT2D eigenvalue weighted by Gasteiger charge is -2.25. The van der Waals surface area contributed by atoms with Crippen molar-refractivity contribution in [3.05, 3.63) is 48.1 Å². The number of benzene rings is 1. The molecule has 1 rings (SSSR count). The van der Waals surface area contributed by atoms with Crippen LogP contribution >= 0.6 is 0 Å². The minimum Gasteiger partial charge on any atom is -0.493 e. The normalized spacial score (nSPS) is 13.1. The van der Waals surface area contributed by atoms with Crippen LogP contribution < -0.4 is 9.47 Å². The number of rotatable bonds is 10. The van der Waals surface area contributed by atoms with Gasteiger partial charge in [0, 0.05) is 0 Å². The van der Waals surface area contributed by atoms with Crippen LogP contribution in [0.1, 0.15) is 52.0 Å². The summed E-state index contributed by atoms with van der Waals surface area (Å²) in [6.07, 6.45) is 10.1. The molecule has 1 aromatic carbocycles. The van der Waals surface area contributed by atoms with Crippen LogP contribution in [0.2, 0.25) is 0 Å². The van der Waals surface area contributed by atoms with Gasteiger partial charge in [-0.2, -0.15) is 0 Å². The van der Waals surface area contributed by atoms with E-state index in [1.165, 1.54) is 11.1 Å². The molecule has 0 aliphatic carbocycles. The maximum Gasteiger partial charge on any atom is 0.160 e. The Hall–Kier alpha value is -1.70. The van der Waals surface area contributed by atoms with Gasteiger partial charge in [0.15, 0.2) is 11.5 Å². The lowest BCUT2D eigenvalue weighted by Crippen LogP contribution is -2.13. The second kappa shape index (κ2) is 9.44. The minimum atomic E-state index is 0.211. The number of allylic oxidation sites excluding steroid dienone is 3. The van der Waals surface area contributed by atoms with Gasteiger partial charge >= 0.3 is 0 Å². The summed E-state index contributed by atoms with van der Waals surface area (Å²) < 4.78 is 10.7. The van der Waals surface area contributed by atoms with Crippen molar-refractivity contribution in [2.75, 3.05) is 14.2 Å². The van der Waals surface area contributed by atoms with E-state index in [4.69, 9.17) is 9.47 Å². The molecule has 0 aliphatic rings. The quantitative estimate of drug-likeness (QED) is 0.495. The molecular weight excluding hydrogens is 284 g/mol. The van der Waals surface area contributed by atoms with Crippen LogP contribution in [0.15, 0.2) is 42.5 Å². The first kappa shape index (κ1) is 19.3. The minimum absolute atomic E-state index is 0.211. The number of hydrogen-bond donors (Lipinski definition) is 0. The van der Waals surface area contributed by atoms with E-state index >= 15 is 0 Å². The van der Waals surface area contributed by atoms with E-state index in [1.807, 2.05) is 6.07 Å². The molecule has 0 heterocycles. The molecule has 0 saturated heterocycles. The van der Waals surface area contributed by atoms with Crippen molar-refractivity contribution >= 4 is 0 Å². The second-order valence-electron chi connectivity index (χ2n) is 6.72. The van der Waals surface area contributed by atoms with Crippen molar-refractivity contribution in [3.63, 3.8) is 0 Å². The summed E-state index contributed by atoms with van der Waals surface area (Å²) in [5.41, 5.74) is 2.89. The van der Waals surface area contributed by atoms with Crippen molar-refractivity contribution in [1.29, 1.82) is 0 Å². The van der Waals surface area contributed by atoms with E-state index in [2.05, 4.69) is 51.6 Å². The van der Waals surface area contributed by atoms with E-state index in [-0.39, 0.29) is 5.41 Å². The molecule has 2 nitrogen and oxygen atoms in total. The van der Waals surface area contributed by atoms with Gasteiger partial charge in [-0.15, -0.1) is 6.58 Å². The third kappa shape index (κ3) is 6.52. The number of ether oxygens (including phenoxy) is 2. The molecule has 0 unspecified atom stereocenters. The maximum atomic E-state index is 5.37. The van der Waals surface area contributed by atoms with Crippen LogP contribution in [-0.2, 0) is 6.42 Å². The van der Waals surface area contributed by atoms with Gasteiger partial charge in [-0.05, 0) is 69.1 Å². The summed E-state index contributed by atoms with van der Waals surface area (Å²) in [6, 6.07) is 6.18.